The average molecular weight is 410 g/mol. The first-order chi connectivity index (χ1) is 14.5. The smallest absolute Gasteiger partial charge is 0.464 e. The van der Waals surface area contributed by atoms with Crippen LogP contribution in [0.25, 0.3) is 11.0 Å². The van der Waals surface area contributed by atoms with Gasteiger partial charge in [0, 0.05) is 11.9 Å². The van der Waals surface area contributed by atoms with Crippen LogP contribution in [-0.2, 0) is 16.0 Å². The lowest BCUT2D eigenvalue weighted by molar-refractivity contribution is -0.127. The molecule has 1 saturated heterocycles. The third-order valence-corrected chi connectivity index (χ3v) is 5.85. The number of likely N-dealkylation sites (tertiary alicyclic amines) is 1. The standard InChI is InChI=1S/C21H23BN2O6/c1-2-5-20(25)24-10-13-8-16(13)17(24)12-30-21(26)23-19(22(27)28)9-14-11-29-18-7-4-3-6-15(14)18/h3-4,6-7,11,13,16-17,19,27-28H,8-10,12H2,1H3,(H,23,26)/t13-,16?,17-,19-/m0/s1. The summed E-state index contributed by atoms with van der Waals surface area (Å²) < 4.78 is 10.8. The lowest BCUT2D eigenvalue weighted by Gasteiger charge is -2.25. The van der Waals surface area contributed by atoms with Crippen LogP contribution in [0.2, 0.25) is 0 Å². The maximum absolute atomic E-state index is 12.3. The summed E-state index contributed by atoms with van der Waals surface area (Å²) in [5.41, 5.74) is 1.43. The highest BCUT2D eigenvalue weighted by atomic mass is 16.5. The molecule has 4 rings (SSSR count). The average Bonchev–Trinajstić information content (AvgIpc) is 3.23. The highest BCUT2D eigenvalue weighted by Crippen LogP contribution is 2.49. The van der Waals surface area contributed by atoms with Gasteiger partial charge >= 0.3 is 13.2 Å². The van der Waals surface area contributed by atoms with E-state index in [9.17, 15) is 19.6 Å². The van der Waals surface area contributed by atoms with Crippen LogP contribution >= 0.6 is 0 Å². The number of ether oxygens (including phenoxy) is 1. The molecule has 1 unspecified atom stereocenters. The molecule has 8 nitrogen and oxygen atoms in total. The minimum Gasteiger partial charge on any atom is -0.464 e. The largest absolute Gasteiger partial charge is 0.475 e. The van der Waals surface area contributed by atoms with Gasteiger partial charge in [0.05, 0.1) is 18.2 Å². The third kappa shape index (κ3) is 4.15. The Hall–Kier alpha value is -2.96. The van der Waals surface area contributed by atoms with E-state index in [-0.39, 0.29) is 25.0 Å². The van der Waals surface area contributed by atoms with Gasteiger partial charge in [-0.25, -0.2) is 4.79 Å². The highest BCUT2D eigenvalue weighted by molar-refractivity contribution is 6.43. The van der Waals surface area contributed by atoms with Gasteiger partial charge in [0.1, 0.15) is 12.2 Å². The minimum absolute atomic E-state index is 0.0486. The number of para-hydroxylation sites is 1. The summed E-state index contributed by atoms with van der Waals surface area (Å²) in [6, 6.07) is 7.19. The molecule has 4 atom stereocenters. The van der Waals surface area contributed by atoms with E-state index in [1.165, 1.54) is 6.26 Å². The molecule has 1 aromatic heterocycles. The molecule has 1 saturated carbocycles. The lowest BCUT2D eigenvalue weighted by atomic mass is 9.76. The van der Waals surface area contributed by atoms with E-state index >= 15 is 0 Å². The normalized spacial score (nSPS) is 22.6. The number of benzene rings is 1. The summed E-state index contributed by atoms with van der Waals surface area (Å²) in [7, 11) is -1.77. The van der Waals surface area contributed by atoms with Crippen LogP contribution in [0.3, 0.4) is 0 Å². The Morgan fingerprint density at radius 3 is 2.97 bits per heavy atom. The molecule has 2 fully saturated rings. The SMILES string of the molecule is CC#CC(=O)N1C[C@@H]2CC2[C@@H]1COC(=O)N[C@@H](Cc1coc2ccccc12)B(O)O. The van der Waals surface area contributed by atoms with Crippen molar-refractivity contribution in [3.05, 3.63) is 36.1 Å². The number of rotatable bonds is 6. The molecular weight excluding hydrogens is 387 g/mol. The van der Waals surface area contributed by atoms with E-state index < -0.39 is 19.2 Å². The Balaban J connectivity index is 1.35. The zero-order valence-electron chi connectivity index (χ0n) is 16.6. The number of fused-ring (bicyclic) bond motifs is 2. The molecule has 0 bridgehead atoms. The summed E-state index contributed by atoms with van der Waals surface area (Å²) >= 11 is 0. The van der Waals surface area contributed by atoms with E-state index in [4.69, 9.17) is 9.15 Å². The molecule has 1 aromatic carbocycles. The van der Waals surface area contributed by atoms with Crippen molar-refractivity contribution in [2.45, 2.75) is 31.7 Å². The van der Waals surface area contributed by atoms with E-state index in [0.717, 1.165) is 17.4 Å². The Morgan fingerprint density at radius 2 is 2.20 bits per heavy atom. The van der Waals surface area contributed by atoms with Crippen molar-refractivity contribution < 1.29 is 28.8 Å². The fraction of sp³-hybridized carbons (Fsp3) is 0.429. The lowest BCUT2D eigenvalue weighted by Crippen LogP contribution is -2.49. The molecule has 2 aromatic rings. The van der Waals surface area contributed by atoms with Gasteiger partial charge in [-0.2, -0.15) is 0 Å². The topological polar surface area (TPSA) is 112 Å². The van der Waals surface area contributed by atoms with E-state index in [2.05, 4.69) is 17.2 Å². The molecule has 30 heavy (non-hydrogen) atoms. The number of nitrogens with one attached hydrogen (secondary N) is 1. The van der Waals surface area contributed by atoms with Gasteiger partial charge in [0.15, 0.2) is 0 Å². The Kier molecular flexibility index (Phi) is 5.70. The maximum atomic E-state index is 12.3. The van der Waals surface area contributed by atoms with Crippen molar-refractivity contribution >= 4 is 30.1 Å². The van der Waals surface area contributed by atoms with Crippen LogP contribution in [0.15, 0.2) is 34.9 Å². The Labute approximate surface area is 174 Å². The molecule has 2 amide bonds. The first-order valence-corrected chi connectivity index (χ1v) is 9.95. The van der Waals surface area contributed by atoms with Gasteiger partial charge in [0.2, 0.25) is 0 Å². The maximum Gasteiger partial charge on any atom is 0.475 e. The van der Waals surface area contributed by atoms with Crippen LogP contribution in [0.5, 0.6) is 0 Å². The number of carbonyl (C=O) groups is 2. The van der Waals surface area contributed by atoms with Crippen molar-refractivity contribution in [2.24, 2.45) is 11.8 Å². The summed E-state index contributed by atoms with van der Waals surface area (Å²) in [4.78, 5) is 26.1. The number of amides is 2. The van der Waals surface area contributed by atoms with Gasteiger partial charge < -0.3 is 29.4 Å². The van der Waals surface area contributed by atoms with Gasteiger partial charge in [0.25, 0.3) is 5.91 Å². The van der Waals surface area contributed by atoms with Gasteiger partial charge in [-0.15, -0.1) is 0 Å². The van der Waals surface area contributed by atoms with Crippen molar-refractivity contribution in [2.75, 3.05) is 13.2 Å². The van der Waals surface area contributed by atoms with Crippen molar-refractivity contribution in [1.82, 2.24) is 10.2 Å². The quantitative estimate of drug-likeness (QED) is 0.483. The molecule has 0 radical (unpaired) electrons. The number of carbonyl (C=O) groups excluding carboxylic acids is 2. The predicted molar refractivity (Wildman–Crippen MR) is 109 cm³/mol. The number of hydrogen-bond acceptors (Lipinski definition) is 6. The van der Waals surface area contributed by atoms with Gasteiger partial charge in [-0.3, -0.25) is 4.79 Å². The van der Waals surface area contributed by atoms with Crippen molar-refractivity contribution in [3.8, 4) is 11.8 Å². The molecule has 1 aliphatic carbocycles. The second kappa shape index (κ2) is 8.42. The number of nitrogens with zero attached hydrogens (tertiary/aromatic N) is 1. The molecule has 2 heterocycles. The molecular formula is C21H23BN2O6. The second-order valence-corrected chi connectivity index (χ2v) is 7.78. The Bertz CT molecular complexity index is 1010. The number of piperidine rings is 1. The van der Waals surface area contributed by atoms with Crippen molar-refractivity contribution in [1.29, 1.82) is 0 Å². The summed E-state index contributed by atoms with van der Waals surface area (Å²) in [5.74, 6) is 4.70. The first-order valence-electron chi connectivity index (χ1n) is 9.95. The zero-order chi connectivity index (χ0) is 21.3. The summed E-state index contributed by atoms with van der Waals surface area (Å²) in [5, 5.41) is 22.8. The number of hydrogen-bond donors (Lipinski definition) is 3. The third-order valence-electron chi connectivity index (χ3n) is 5.85. The minimum atomic E-state index is -1.77. The molecule has 1 aliphatic heterocycles. The monoisotopic (exact) mass is 410 g/mol. The second-order valence-electron chi connectivity index (χ2n) is 7.78. The Morgan fingerprint density at radius 1 is 1.40 bits per heavy atom. The molecule has 0 spiro atoms. The van der Waals surface area contributed by atoms with E-state index in [1.807, 2.05) is 24.3 Å². The molecule has 3 N–H and O–H groups in total. The number of alkyl carbamates (subject to hydrolysis) is 1. The van der Waals surface area contributed by atoms with Crippen LogP contribution < -0.4 is 5.32 Å². The number of furan rings is 1. The highest BCUT2D eigenvalue weighted by Gasteiger charge is 2.54. The zero-order valence-corrected chi connectivity index (χ0v) is 16.6. The van der Waals surface area contributed by atoms with Crippen LogP contribution in [0.1, 0.15) is 18.9 Å². The summed E-state index contributed by atoms with van der Waals surface area (Å²) in [6.07, 6.45) is 1.95. The van der Waals surface area contributed by atoms with Gasteiger partial charge in [-0.05, 0) is 49.2 Å². The molecule has 9 heteroatoms. The predicted octanol–water partition coefficient (Wildman–Crippen LogP) is 0.952. The van der Waals surface area contributed by atoms with E-state index in [0.29, 0.717) is 24.0 Å². The van der Waals surface area contributed by atoms with E-state index in [1.54, 1.807) is 11.8 Å². The summed E-state index contributed by atoms with van der Waals surface area (Å²) in [6.45, 7) is 2.30. The van der Waals surface area contributed by atoms with Crippen LogP contribution in [0.4, 0.5) is 4.79 Å². The van der Waals surface area contributed by atoms with Crippen LogP contribution in [-0.4, -0.2) is 59.2 Å². The molecule has 156 valence electrons. The van der Waals surface area contributed by atoms with Crippen molar-refractivity contribution in [3.63, 3.8) is 0 Å². The fourth-order valence-corrected chi connectivity index (χ4v) is 4.21. The fourth-order valence-electron chi connectivity index (χ4n) is 4.21. The molecule has 2 aliphatic rings. The van der Waals surface area contributed by atoms with Crippen LogP contribution in [0, 0.1) is 23.7 Å². The van der Waals surface area contributed by atoms with Gasteiger partial charge in [-0.1, -0.05) is 24.1 Å². The first kappa shape index (κ1) is 20.3.